The number of hydrogen-bond acceptors (Lipinski definition) is 0. The Morgan fingerprint density at radius 1 is 1.10 bits per heavy atom. The highest BCUT2D eigenvalue weighted by Gasteiger charge is 1.92. The molecule has 50 valence electrons. The maximum atomic E-state index is 5.76. The van der Waals surface area contributed by atoms with Crippen molar-refractivity contribution in [3.05, 3.63) is 35.6 Å². The number of H-pyrrole nitrogens is 1. The van der Waals surface area contributed by atoms with Crippen LogP contribution in [0.4, 0.5) is 0 Å². The first kappa shape index (κ1) is 5.81. The molecule has 1 heterocycles. The van der Waals surface area contributed by atoms with Gasteiger partial charge in [-0.15, -0.1) is 0 Å². The third-order valence-corrected chi connectivity index (χ3v) is 1.76. The van der Waals surface area contributed by atoms with E-state index in [9.17, 15) is 0 Å². The van der Waals surface area contributed by atoms with E-state index in [4.69, 9.17) is 11.6 Å². The maximum Gasteiger partial charge on any atom is 0.0412 e. The molecular weight excluding hydrogens is 146 g/mol. The molecule has 1 nitrogen and oxygen atoms in total. The largest absolute Gasteiger partial charge is 0.366 e. The molecule has 0 radical (unpaired) electrons. The van der Waals surface area contributed by atoms with Crippen LogP contribution in [-0.2, 0) is 0 Å². The molecular formula is C8H6ClN. The lowest BCUT2D eigenvalue weighted by Crippen LogP contribution is -1.62. The zero-order valence-electron chi connectivity index (χ0n) is 5.26. The lowest BCUT2D eigenvalue weighted by atomic mass is 10.2. The molecule has 2 rings (SSSR count). The second-order valence-corrected chi connectivity index (χ2v) is 2.67. The first-order chi connectivity index (χ1) is 4.86. The number of fused-ring (bicyclic) bond motifs is 1. The van der Waals surface area contributed by atoms with Crippen LogP contribution < -0.4 is 0 Å². The smallest absolute Gasteiger partial charge is 0.0412 e. The third kappa shape index (κ3) is 0.792. The van der Waals surface area contributed by atoms with Crippen LogP contribution in [0.15, 0.2) is 30.6 Å². The van der Waals surface area contributed by atoms with E-state index in [2.05, 4.69) is 4.98 Å². The first-order valence-electron chi connectivity index (χ1n) is 3.08. The first-order valence-corrected chi connectivity index (χ1v) is 3.46. The Hall–Kier alpha value is -0.950. The van der Waals surface area contributed by atoms with E-state index in [1.54, 1.807) is 0 Å². The van der Waals surface area contributed by atoms with Crippen molar-refractivity contribution in [3.8, 4) is 0 Å². The molecule has 0 saturated carbocycles. The van der Waals surface area contributed by atoms with Crippen LogP contribution in [0.3, 0.4) is 0 Å². The summed E-state index contributed by atoms with van der Waals surface area (Å²) in [5.41, 5.74) is 0. The van der Waals surface area contributed by atoms with Gasteiger partial charge in [0.05, 0.1) is 0 Å². The van der Waals surface area contributed by atoms with Gasteiger partial charge in [0.25, 0.3) is 0 Å². The zero-order chi connectivity index (χ0) is 6.97. The normalized spacial score (nSPS) is 10.5. The number of hydrogen-bond donors (Lipinski definition) is 1. The lowest BCUT2D eigenvalue weighted by Gasteiger charge is -1.87. The van der Waals surface area contributed by atoms with E-state index in [0.29, 0.717) is 0 Å². The van der Waals surface area contributed by atoms with Crippen molar-refractivity contribution in [2.45, 2.75) is 0 Å². The van der Waals surface area contributed by atoms with Crippen molar-refractivity contribution >= 4 is 22.4 Å². The molecule has 0 atom stereocenters. The zero-order valence-corrected chi connectivity index (χ0v) is 6.02. The van der Waals surface area contributed by atoms with Gasteiger partial charge in [-0.05, 0) is 17.5 Å². The lowest BCUT2D eigenvalue weighted by molar-refractivity contribution is 1.43. The number of aromatic nitrogens is 1. The highest BCUT2D eigenvalue weighted by molar-refractivity contribution is 6.31. The Balaban J connectivity index is 2.86. The Labute approximate surface area is 63.6 Å². The van der Waals surface area contributed by atoms with Crippen LogP contribution in [0.25, 0.3) is 10.8 Å². The summed E-state index contributed by atoms with van der Waals surface area (Å²) in [6.45, 7) is 0. The number of halogens is 1. The van der Waals surface area contributed by atoms with Crippen molar-refractivity contribution in [1.29, 1.82) is 0 Å². The van der Waals surface area contributed by atoms with Crippen LogP contribution in [0.5, 0.6) is 0 Å². The van der Waals surface area contributed by atoms with Crippen LogP contribution in [-0.4, -0.2) is 4.98 Å². The van der Waals surface area contributed by atoms with Gasteiger partial charge in [-0.1, -0.05) is 17.7 Å². The second-order valence-electron chi connectivity index (χ2n) is 2.23. The van der Waals surface area contributed by atoms with Gasteiger partial charge in [-0.25, -0.2) is 0 Å². The quantitative estimate of drug-likeness (QED) is 0.596. The summed E-state index contributed by atoms with van der Waals surface area (Å²) in [6, 6.07) is 5.82. The molecule has 0 spiro atoms. The van der Waals surface area contributed by atoms with Gasteiger partial charge in [0.15, 0.2) is 0 Å². The monoisotopic (exact) mass is 151 g/mol. The van der Waals surface area contributed by atoms with Gasteiger partial charge >= 0.3 is 0 Å². The Morgan fingerprint density at radius 3 is 2.80 bits per heavy atom. The SMILES string of the molecule is Clc1ccc2c[nH]cc2c1. The molecule has 0 fully saturated rings. The van der Waals surface area contributed by atoms with Gasteiger partial charge in [0.2, 0.25) is 0 Å². The summed E-state index contributed by atoms with van der Waals surface area (Å²) in [7, 11) is 0. The van der Waals surface area contributed by atoms with E-state index in [1.807, 2.05) is 30.6 Å². The Kier molecular flexibility index (Phi) is 1.18. The number of nitrogens with one attached hydrogen (secondary N) is 1. The molecule has 0 amide bonds. The third-order valence-electron chi connectivity index (χ3n) is 1.53. The number of benzene rings is 1. The highest BCUT2D eigenvalue weighted by Crippen LogP contribution is 2.17. The van der Waals surface area contributed by atoms with E-state index in [-0.39, 0.29) is 0 Å². The van der Waals surface area contributed by atoms with Crippen molar-refractivity contribution in [3.63, 3.8) is 0 Å². The summed E-state index contributed by atoms with van der Waals surface area (Å²) in [6.07, 6.45) is 3.88. The van der Waals surface area contributed by atoms with Gasteiger partial charge in [-0.2, -0.15) is 0 Å². The fourth-order valence-corrected chi connectivity index (χ4v) is 1.20. The van der Waals surface area contributed by atoms with Crippen molar-refractivity contribution in [2.24, 2.45) is 0 Å². The second kappa shape index (κ2) is 2.03. The summed E-state index contributed by atoms with van der Waals surface area (Å²) in [5.74, 6) is 0. The van der Waals surface area contributed by atoms with Crippen LogP contribution in [0.1, 0.15) is 0 Å². The molecule has 1 aromatic carbocycles. The standard InChI is InChI=1S/C8H6ClN/c9-8-2-1-6-4-10-5-7(6)3-8/h1-5,10H. The molecule has 0 aliphatic heterocycles. The minimum atomic E-state index is 0.784. The van der Waals surface area contributed by atoms with Crippen LogP contribution >= 0.6 is 11.6 Å². The predicted molar refractivity (Wildman–Crippen MR) is 43.3 cm³/mol. The molecule has 0 aliphatic rings. The molecule has 2 heteroatoms. The summed E-state index contributed by atoms with van der Waals surface area (Å²) in [5, 5.41) is 3.14. The molecule has 2 aromatic rings. The number of aromatic amines is 1. The summed E-state index contributed by atoms with van der Waals surface area (Å²) >= 11 is 5.76. The number of rotatable bonds is 0. The van der Waals surface area contributed by atoms with E-state index < -0.39 is 0 Å². The Morgan fingerprint density at radius 2 is 1.90 bits per heavy atom. The predicted octanol–water partition coefficient (Wildman–Crippen LogP) is 2.82. The van der Waals surface area contributed by atoms with Gasteiger partial charge in [-0.3, -0.25) is 0 Å². The van der Waals surface area contributed by atoms with E-state index >= 15 is 0 Å². The maximum absolute atomic E-state index is 5.76. The molecule has 0 bridgehead atoms. The van der Waals surface area contributed by atoms with Crippen molar-refractivity contribution in [2.75, 3.05) is 0 Å². The van der Waals surface area contributed by atoms with Gasteiger partial charge in [0, 0.05) is 22.8 Å². The minimum absolute atomic E-state index is 0.784. The fraction of sp³-hybridized carbons (Fsp3) is 0. The topological polar surface area (TPSA) is 15.8 Å². The van der Waals surface area contributed by atoms with Crippen molar-refractivity contribution < 1.29 is 0 Å². The van der Waals surface area contributed by atoms with Crippen molar-refractivity contribution in [1.82, 2.24) is 4.98 Å². The van der Waals surface area contributed by atoms with E-state index in [0.717, 1.165) is 10.4 Å². The summed E-state index contributed by atoms with van der Waals surface area (Å²) < 4.78 is 0. The molecule has 0 saturated heterocycles. The molecule has 0 aliphatic carbocycles. The average molecular weight is 152 g/mol. The minimum Gasteiger partial charge on any atom is -0.366 e. The molecule has 1 aromatic heterocycles. The van der Waals surface area contributed by atoms with Crippen LogP contribution in [0.2, 0.25) is 5.02 Å². The highest BCUT2D eigenvalue weighted by atomic mass is 35.5. The van der Waals surface area contributed by atoms with Gasteiger partial charge in [0.1, 0.15) is 0 Å². The van der Waals surface area contributed by atoms with E-state index in [1.165, 1.54) is 5.39 Å². The molecule has 1 N–H and O–H groups in total. The van der Waals surface area contributed by atoms with Gasteiger partial charge < -0.3 is 4.98 Å². The fourth-order valence-electron chi connectivity index (χ4n) is 1.02. The molecule has 0 unspecified atom stereocenters. The Bertz CT molecular complexity index is 351. The van der Waals surface area contributed by atoms with Crippen LogP contribution in [0, 0.1) is 0 Å². The summed E-state index contributed by atoms with van der Waals surface area (Å²) in [4.78, 5) is 3.01. The average Bonchev–Trinajstić information content (AvgIpc) is 2.33. The molecule has 10 heavy (non-hydrogen) atoms.